The van der Waals surface area contributed by atoms with Crippen molar-refractivity contribution in [1.29, 1.82) is 5.26 Å². The van der Waals surface area contributed by atoms with Gasteiger partial charge in [0.2, 0.25) is 0 Å². The van der Waals surface area contributed by atoms with E-state index in [2.05, 4.69) is 4.90 Å². The first-order chi connectivity index (χ1) is 10.3. The lowest BCUT2D eigenvalue weighted by Gasteiger charge is -2.30. The zero-order valence-electron chi connectivity index (χ0n) is 12.0. The van der Waals surface area contributed by atoms with Gasteiger partial charge < -0.3 is 14.4 Å². The Hall–Kier alpha value is -2.32. The number of carbonyl (C=O) groups excluding carboxylic acids is 1. The smallest absolute Gasteiger partial charge is 0.348 e. The molecule has 5 nitrogen and oxygen atoms in total. The van der Waals surface area contributed by atoms with Gasteiger partial charge in [0.05, 0.1) is 19.8 Å². The molecule has 1 aliphatic rings. The van der Waals surface area contributed by atoms with Gasteiger partial charge in [0.1, 0.15) is 11.6 Å². The van der Waals surface area contributed by atoms with Gasteiger partial charge >= 0.3 is 5.97 Å². The van der Waals surface area contributed by atoms with Crippen LogP contribution in [0.1, 0.15) is 12.5 Å². The van der Waals surface area contributed by atoms with Gasteiger partial charge in [-0.3, -0.25) is 0 Å². The highest BCUT2D eigenvalue weighted by Gasteiger charge is 2.15. The molecule has 0 N–H and O–H groups in total. The molecule has 0 spiro atoms. The fourth-order valence-corrected chi connectivity index (χ4v) is 2.20. The van der Waals surface area contributed by atoms with Crippen molar-refractivity contribution < 1.29 is 14.3 Å². The maximum Gasteiger partial charge on any atom is 0.348 e. The van der Waals surface area contributed by atoms with Crippen LogP contribution in [0.15, 0.2) is 29.8 Å². The molecular weight excluding hydrogens is 268 g/mol. The zero-order valence-corrected chi connectivity index (χ0v) is 12.0. The Labute approximate surface area is 124 Å². The topological polar surface area (TPSA) is 62.6 Å². The number of esters is 1. The first-order valence-corrected chi connectivity index (χ1v) is 6.97. The van der Waals surface area contributed by atoms with Gasteiger partial charge in [0.25, 0.3) is 0 Å². The molecule has 0 aliphatic carbocycles. The molecule has 5 heteroatoms. The molecule has 0 atom stereocenters. The van der Waals surface area contributed by atoms with Crippen molar-refractivity contribution in [2.75, 3.05) is 37.8 Å². The molecule has 1 fully saturated rings. The highest BCUT2D eigenvalue weighted by molar-refractivity contribution is 5.98. The summed E-state index contributed by atoms with van der Waals surface area (Å²) in [6.07, 6.45) is 1.59. The van der Waals surface area contributed by atoms with Crippen molar-refractivity contribution in [2.45, 2.75) is 6.92 Å². The zero-order chi connectivity index (χ0) is 15.1. The van der Waals surface area contributed by atoms with E-state index in [-0.39, 0.29) is 12.2 Å². The average molecular weight is 286 g/mol. The van der Waals surface area contributed by atoms with Gasteiger partial charge in [-0.25, -0.2) is 4.79 Å². The molecule has 1 aromatic carbocycles. The minimum absolute atomic E-state index is 0.0116. The van der Waals surface area contributed by atoms with E-state index in [1.165, 1.54) is 0 Å². The number of anilines is 1. The molecule has 110 valence electrons. The average Bonchev–Trinajstić information content (AvgIpc) is 2.54. The number of rotatable bonds is 4. The monoisotopic (exact) mass is 286 g/mol. The van der Waals surface area contributed by atoms with E-state index in [0.717, 1.165) is 24.3 Å². The fourth-order valence-electron chi connectivity index (χ4n) is 2.20. The Morgan fingerprint density at radius 2 is 2.14 bits per heavy atom. The maximum absolute atomic E-state index is 11.7. The number of hydrogen-bond acceptors (Lipinski definition) is 5. The third-order valence-corrected chi connectivity index (χ3v) is 3.20. The highest BCUT2D eigenvalue weighted by atomic mass is 16.5. The Morgan fingerprint density at radius 3 is 2.81 bits per heavy atom. The van der Waals surface area contributed by atoms with Crippen molar-refractivity contribution >= 4 is 17.7 Å². The predicted octanol–water partition coefficient (Wildman–Crippen LogP) is 1.99. The summed E-state index contributed by atoms with van der Waals surface area (Å²) < 4.78 is 10.2. The quantitative estimate of drug-likeness (QED) is 0.481. The molecule has 0 bridgehead atoms. The summed E-state index contributed by atoms with van der Waals surface area (Å²) in [5.41, 5.74) is 1.85. The second kappa shape index (κ2) is 7.46. The van der Waals surface area contributed by atoms with E-state index in [1.807, 2.05) is 30.3 Å². The van der Waals surface area contributed by atoms with Crippen LogP contribution in [0.4, 0.5) is 5.69 Å². The molecule has 0 amide bonds. The first kappa shape index (κ1) is 15.1. The minimum Gasteiger partial charge on any atom is -0.462 e. The third kappa shape index (κ3) is 3.83. The van der Waals surface area contributed by atoms with Crippen LogP contribution in [0.25, 0.3) is 6.08 Å². The summed E-state index contributed by atoms with van der Waals surface area (Å²) in [6, 6.07) is 9.61. The van der Waals surface area contributed by atoms with Crippen molar-refractivity contribution in [3.05, 3.63) is 35.4 Å². The van der Waals surface area contributed by atoms with E-state index in [0.29, 0.717) is 13.2 Å². The normalized spacial score (nSPS) is 15.4. The summed E-state index contributed by atoms with van der Waals surface area (Å²) in [5.74, 6) is -0.586. The Kier molecular flexibility index (Phi) is 5.35. The van der Waals surface area contributed by atoms with Crippen LogP contribution >= 0.6 is 0 Å². The van der Waals surface area contributed by atoms with E-state index >= 15 is 0 Å². The highest BCUT2D eigenvalue weighted by Crippen LogP contribution is 2.24. The van der Waals surface area contributed by atoms with Gasteiger partial charge in [0, 0.05) is 18.8 Å². The summed E-state index contributed by atoms with van der Waals surface area (Å²) in [4.78, 5) is 13.9. The molecular formula is C16H18N2O3. The summed E-state index contributed by atoms with van der Waals surface area (Å²) >= 11 is 0. The van der Waals surface area contributed by atoms with Crippen LogP contribution in [0.2, 0.25) is 0 Å². The molecule has 0 radical (unpaired) electrons. The van der Waals surface area contributed by atoms with Crippen LogP contribution < -0.4 is 4.90 Å². The molecule has 0 aromatic heterocycles. The number of hydrogen-bond donors (Lipinski definition) is 0. The molecule has 0 saturated carbocycles. The first-order valence-electron chi connectivity index (χ1n) is 6.97. The lowest BCUT2D eigenvalue weighted by Crippen LogP contribution is -2.36. The molecule has 1 aromatic rings. The Bertz CT molecular complexity index is 569. The van der Waals surface area contributed by atoms with Crippen LogP contribution in [0.5, 0.6) is 0 Å². The van der Waals surface area contributed by atoms with E-state index in [9.17, 15) is 4.79 Å². The molecule has 1 aliphatic heterocycles. The fraction of sp³-hybridized carbons (Fsp3) is 0.375. The van der Waals surface area contributed by atoms with E-state index in [1.54, 1.807) is 13.0 Å². The van der Waals surface area contributed by atoms with Gasteiger partial charge in [-0.15, -0.1) is 0 Å². The van der Waals surface area contributed by atoms with Gasteiger partial charge in [-0.2, -0.15) is 5.26 Å². The van der Waals surface area contributed by atoms with Crippen LogP contribution in [-0.2, 0) is 14.3 Å². The number of carbonyl (C=O) groups is 1. The molecule has 0 unspecified atom stereocenters. The van der Waals surface area contributed by atoms with Crippen molar-refractivity contribution in [3.63, 3.8) is 0 Å². The summed E-state index contributed by atoms with van der Waals surface area (Å²) in [5, 5.41) is 9.13. The number of para-hydroxylation sites is 1. The van der Waals surface area contributed by atoms with E-state index in [4.69, 9.17) is 14.7 Å². The Balaban J connectivity index is 2.30. The van der Waals surface area contributed by atoms with Crippen LogP contribution in [-0.4, -0.2) is 38.9 Å². The lowest BCUT2D eigenvalue weighted by atomic mass is 10.1. The third-order valence-electron chi connectivity index (χ3n) is 3.20. The molecule has 1 heterocycles. The number of ether oxygens (including phenoxy) is 2. The number of nitriles is 1. The maximum atomic E-state index is 11.7. The van der Waals surface area contributed by atoms with Crippen LogP contribution in [0.3, 0.4) is 0 Å². The molecule has 1 saturated heterocycles. The summed E-state index contributed by atoms with van der Waals surface area (Å²) in [7, 11) is 0. The number of benzene rings is 1. The van der Waals surface area contributed by atoms with Crippen molar-refractivity contribution in [1.82, 2.24) is 0 Å². The largest absolute Gasteiger partial charge is 0.462 e. The minimum atomic E-state index is -0.586. The SMILES string of the molecule is CCOC(=O)/C(C#N)=C\c1ccccc1N1CCOCC1. The van der Waals surface area contributed by atoms with E-state index < -0.39 is 5.97 Å². The second-order valence-corrected chi connectivity index (χ2v) is 4.55. The molecule has 2 rings (SSSR count). The van der Waals surface area contributed by atoms with Gasteiger partial charge in [0.15, 0.2) is 0 Å². The van der Waals surface area contributed by atoms with Gasteiger partial charge in [-0.05, 0) is 24.6 Å². The lowest BCUT2D eigenvalue weighted by molar-refractivity contribution is -0.137. The van der Waals surface area contributed by atoms with Crippen molar-refractivity contribution in [2.24, 2.45) is 0 Å². The molecule has 21 heavy (non-hydrogen) atoms. The number of morpholine rings is 1. The van der Waals surface area contributed by atoms with Crippen LogP contribution in [0, 0.1) is 11.3 Å². The predicted molar refractivity (Wildman–Crippen MR) is 79.7 cm³/mol. The Morgan fingerprint density at radius 1 is 1.43 bits per heavy atom. The standard InChI is InChI=1S/C16H18N2O3/c1-2-21-16(19)14(12-17)11-13-5-3-4-6-15(13)18-7-9-20-10-8-18/h3-6,11H,2,7-10H2,1H3/b14-11-. The summed E-state index contributed by atoms with van der Waals surface area (Å²) in [6.45, 7) is 4.93. The number of nitrogens with zero attached hydrogens (tertiary/aromatic N) is 2. The van der Waals surface area contributed by atoms with Crippen molar-refractivity contribution in [3.8, 4) is 6.07 Å². The second-order valence-electron chi connectivity index (χ2n) is 4.55. The van der Waals surface area contributed by atoms with Gasteiger partial charge in [-0.1, -0.05) is 18.2 Å².